The fourth-order valence-electron chi connectivity index (χ4n) is 2.22. The van der Waals surface area contributed by atoms with E-state index in [0.717, 1.165) is 15.8 Å². The van der Waals surface area contributed by atoms with Gasteiger partial charge in [-0.15, -0.1) is 0 Å². The third kappa shape index (κ3) is 2.74. The number of halogens is 1. The standard InChI is InChI=1S/C16H13BrO4/c1-9-5-12(10(2)21-9)14(18)4-3-11-6-13(17)16-15(7-11)19-8-20-16/h3-7H,8H2,1-2H3/b4-3+. The maximum Gasteiger partial charge on any atom is 0.231 e. The van der Waals surface area contributed by atoms with Gasteiger partial charge in [0.05, 0.1) is 10.0 Å². The van der Waals surface area contributed by atoms with Crippen molar-refractivity contribution in [3.63, 3.8) is 0 Å². The van der Waals surface area contributed by atoms with E-state index in [-0.39, 0.29) is 12.6 Å². The molecular weight excluding hydrogens is 336 g/mol. The van der Waals surface area contributed by atoms with Crippen LogP contribution in [0.3, 0.4) is 0 Å². The number of benzene rings is 1. The van der Waals surface area contributed by atoms with E-state index in [1.165, 1.54) is 6.08 Å². The van der Waals surface area contributed by atoms with Gasteiger partial charge in [-0.05, 0) is 59.6 Å². The Kier molecular flexibility index (Phi) is 3.59. The minimum absolute atomic E-state index is 0.0851. The van der Waals surface area contributed by atoms with Crippen molar-refractivity contribution in [2.75, 3.05) is 6.79 Å². The van der Waals surface area contributed by atoms with E-state index in [0.29, 0.717) is 22.8 Å². The van der Waals surface area contributed by atoms with E-state index in [2.05, 4.69) is 15.9 Å². The Labute approximate surface area is 130 Å². The highest BCUT2D eigenvalue weighted by atomic mass is 79.9. The first-order valence-electron chi connectivity index (χ1n) is 6.43. The van der Waals surface area contributed by atoms with Gasteiger partial charge in [0, 0.05) is 0 Å². The summed E-state index contributed by atoms with van der Waals surface area (Å²) in [6.07, 6.45) is 3.28. The number of carbonyl (C=O) groups excluding carboxylic acids is 1. The average Bonchev–Trinajstić information content (AvgIpc) is 3.02. The second-order valence-electron chi connectivity index (χ2n) is 4.76. The van der Waals surface area contributed by atoms with Gasteiger partial charge in [0.15, 0.2) is 17.3 Å². The number of allylic oxidation sites excluding steroid dienone is 1. The van der Waals surface area contributed by atoms with Crippen molar-refractivity contribution in [1.82, 2.24) is 0 Å². The van der Waals surface area contributed by atoms with Crippen LogP contribution in [0.1, 0.15) is 27.4 Å². The van der Waals surface area contributed by atoms with Crippen LogP contribution in [0, 0.1) is 13.8 Å². The lowest BCUT2D eigenvalue weighted by Gasteiger charge is -2.01. The summed E-state index contributed by atoms with van der Waals surface area (Å²) < 4.78 is 16.8. The van der Waals surface area contributed by atoms with Gasteiger partial charge in [-0.1, -0.05) is 6.08 Å². The molecule has 0 saturated carbocycles. The minimum Gasteiger partial charge on any atom is -0.466 e. The molecule has 4 nitrogen and oxygen atoms in total. The van der Waals surface area contributed by atoms with E-state index in [1.807, 2.05) is 19.1 Å². The molecule has 0 N–H and O–H groups in total. The third-order valence-electron chi connectivity index (χ3n) is 3.18. The first-order chi connectivity index (χ1) is 10.0. The van der Waals surface area contributed by atoms with Crippen molar-refractivity contribution in [2.24, 2.45) is 0 Å². The number of aryl methyl sites for hydroxylation is 2. The molecule has 1 aliphatic heterocycles. The quantitative estimate of drug-likeness (QED) is 0.613. The van der Waals surface area contributed by atoms with Crippen LogP contribution in [0.5, 0.6) is 11.5 Å². The molecule has 0 spiro atoms. The largest absolute Gasteiger partial charge is 0.466 e. The number of hydrogen-bond donors (Lipinski definition) is 0. The molecule has 0 bridgehead atoms. The fraction of sp³-hybridized carbons (Fsp3) is 0.188. The second kappa shape index (κ2) is 5.41. The lowest BCUT2D eigenvalue weighted by molar-refractivity contribution is 0.104. The number of ether oxygens (including phenoxy) is 2. The zero-order chi connectivity index (χ0) is 15.0. The van der Waals surface area contributed by atoms with Gasteiger partial charge in [0.1, 0.15) is 11.5 Å². The molecule has 1 aromatic carbocycles. The first-order valence-corrected chi connectivity index (χ1v) is 7.22. The predicted octanol–water partition coefficient (Wildman–Crippen LogP) is 4.28. The van der Waals surface area contributed by atoms with Gasteiger partial charge in [-0.25, -0.2) is 0 Å². The van der Waals surface area contributed by atoms with Gasteiger partial charge in [-0.3, -0.25) is 4.79 Å². The zero-order valence-corrected chi connectivity index (χ0v) is 13.2. The van der Waals surface area contributed by atoms with E-state index < -0.39 is 0 Å². The Morgan fingerprint density at radius 2 is 2.05 bits per heavy atom. The van der Waals surface area contributed by atoms with Crippen molar-refractivity contribution >= 4 is 27.8 Å². The molecule has 2 heterocycles. The zero-order valence-electron chi connectivity index (χ0n) is 11.6. The highest BCUT2D eigenvalue weighted by molar-refractivity contribution is 9.10. The van der Waals surface area contributed by atoms with Crippen molar-refractivity contribution in [1.29, 1.82) is 0 Å². The fourth-order valence-corrected chi connectivity index (χ4v) is 2.79. The third-order valence-corrected chi connectivity index (χ3v) is 3.77. The van der Waals surface area contributed by atoms with Crippen LogP contribution < -0.4 is 9.47 Å². The monoisotopic (exact) mass is 348 g/mol. The summed E-state index contributed by atoms with van der Waals surface area (Å²) in [5.74, 6) is 2.65. The Balaban J connectivity index is 1.85. The lowest BCUT2D eigenvalue weighted by atomic mass is 10.1. The molecule has 0 saturated heterocycles. The van der Waals surface area contributed by atoms with Crippen molar-refractivity contribution < 1.29 is 18.7 Å². The summed E-state index contributed by atoms with van der Waals surface area (Å²) in [5.41, 5.74) is 1.45. The van der Waals surface area contributed by atoms with Crippen molar-refractivity contribution in [3.8, 4) is 11.5 Å². The van der Waals surface area contributed by atoms with Crippen LogP contribution in [0.15, 0.2) is 33.2 Å². The molecule has 0 atom stereocenters. The SMILES string of the molecule is Cc1cc(C(=O)/C=C/c2cc(Br)c3c(c2)OCO3)c(C)o1. The predicted molar refractivity (Wildman–Crippen MR) is 81.8 cm³/mol. The van der Waals surface area contributed by atoms with Gasteiger partial charge >= 0.3 is 0 Å². The molecule has 0 fully saturated rings. The molecule has 0 aliphatic carbocycles. The van der Waals surface area contributed by atoms with Crippen molar-refractivity contribution in [2.45, 2.75) is 13.8 Å². The number of hydrogen-bond acceptors (Lipinski definition) is 4. The minimum atomic E-state index is -0.0851. The molecule has 1 aromatic heterocycles. The molecule has 3 rings (SSSR count). The van der Waals surface area contributed by atoms with Gasteiger partial charge in [0.2, 0.25) is 6.79 Å². The average molecular weight is 349 g/mol. The van der Waals surface area contributed by atoms with E-state index in [9.17, 15) is 4.79 Å². The molecule has 108 valence electrons. The summed E-state index contributed by atoms with van der Waals surface area (Å²) in [7, 11) is 0. The molecule has 2 aromatic rings. The smallest absolute Gasteiger partial charge is 0.231 e. The molecular formula is C16H13BrO4. The molecule has 1 aliphatic rings. The summed E-state index contributed by atoms with van der Waals surface area (Å²) in [4.78, 5) is 12.2. The van der Waals surface area contributed by atoms with Crippen LogP contribution in [0.2, 0.25) is 0 Å². The topological polar surface area (TPSA) is 48.7 Å². The molecule has 0 unspecified atom stereocenters. The molecule has 0 radical (unpaired) electrons. The second-order valence-corrected chi connectivity index (χ2v) is 5.62. The molecule has 5 heteroatoms. The number of rotatable bonds is 3. The summed E-state index contributed by atoms with van der Waals surface area (Å²) in [6, 6.07) is 5.46. The van der Waals surface area contributed by atoms with Crippen LogP contribution in [-0.2, 0) is 0 Å². The molecule has 0 amide bonds. The van der Waals surface area contributed by atoms with Crippen LogP contribution in [-0.4, -0.2) is 12.6 Å². The summed E-state index contributed by atoms with van der Waals surface area (Å²) in [5, 5.41) is 0. The van der Waals surface area contributed by atoms with Gasteiger partial charge in [0.25, 0.3) is 0 Å². The number of ketones is 1. The Hall–Kier alpha value is -2.01. The summed E-state index contributed by atoms with van der Waals surface area (Å²) >= 11 is 3.43. The Bertz CT molecular complexity index is 743. The summed E-state index contributed by atoms with van der Waals surface area (Å²) in [6.45, 7) is 3.82. The van der Waals surface area contributed by atoms with Crippen LogP contribution in [0.4, 0.5) is 0 Å². The van der Waals surface area contributed by atoms with E-state index in [4.69, 9.17) is 13.9 Å². The maximum atomic E-state index is 12.2. The number of carbonyl (C=O) groups is 1. The normalized spacial score (nSPS) is 13.1. The number of fused-ring (bicyclic) bond motifs is 1. The van der Waals surface area contributed by atoms with E-state index >= 15 is 0 Å². The first kappa shape index (κ1) is 13.9. The van der Waals surface area contributed by atoms with Gasteiger partial charge < -0.3 is 13.9 Å². The maximum absolute atomic E-state index is 12.2. The number of furan rings is 1. The van der Waals surface area contributed by atoms with Crippen molar-refractivity contribution in [3.05, 3.63) is 51.4 Å². The highest BCUT2D eigenvalue weighted by Crippen LogP contribution is 2.40. The molecule has 21 heavy (non-hydrogen) atoms. The Morgan fingerprint density at radius 3 is 2.76 bits per heavy atom. The highest BCUT2D eigenvalue weighted by Gasteiger charge is 2.17. The van der Waals surface area contributed by atoms with Crippen LogP contribution >= 0.6 is 15.9 Å². The lowest BCUT2D eigenvalue weighted by Crippen LogP contribution is -1.93. The van der Waals surface area contributed by atoms with Crippen LogP contribution in [0.25, 0.3) is 6.08 Å². The Morgan fingerprint density at radius 1 is 1.24 bits per heavy atom. The van der Waals surface area contributed by atoms with Gasteiger partial charge in [-0.2, -0.15) is 0 Å². The van der Waals surface area contributed by atoms with E-state index in [1.54, 1.807) is 19.1 Å².